The minimum atomic E-state index is -0.231. The molecular formula is C19H37NO8. The molecule has 0 unspecified atom stereocenters. The third-order valence-corrected chi connectivity index (χ3v) is 3.92. The number of carbonyl (C=O) groups is 1. The van der Waals surface area contributed by atoms with Crippen molar-refractivity contribution >= 4 is 5.97 Å². The van der Waals surface area contributed by atoms with Crippen LogP contribution in [-0.2, 0) is 38.0 Å². The summed E-state index contributed by atoms with van der Waals surface area (Å²) in [6.07, 6.45) is 0.259. The van der Waals surface area contributed by atoms with Gasteiger partial charge in [-0.2, -0.15) is 0 Å². The first-order valence-corrected chi connectivity index (χ1v) is 10.2. The van der Waals surface area contributed by atoms with Crippen LogP contribution in [0.15, 0.2) is 0 Å². The molecular weight excluding hydrogens is 370 g/mol. The van der Waals surface area contributed by atoms with Crippen LogP contribution in [0.3, 0.4) is 0 Å². The van der Waals surface area contributed by atoms with Crippen LogP contribution in [0.4, 0.5) is 0 Å². The van der Waals surface area contributed by atoms with Crippen molar-refractivity contribution in [2.45, 2.75) is 13.3 Å². The topological polar surface area (TPSA) is 84.9 Å². The zero-order valence-electron chi connectivity index (χ0n) is 17.2. The summed E-state index contributed by atoms with van der Waals surface area (Å²) in [5.41, 5.74) is 0. The summed E-state index contributed by atoms with van der Waals surface area (Å²) in [7, 11) is 0. The first-order chi connectivity index (χ1) is 13.8. The van der Waals surface area contributed by atoms with Gasteiger partial charge in [-0.05, 0) is 6.92 Å². The molecule has 0 bridgehead atoms. The Balaban J connectivity index is 1.72. The number of morpholine rings is 1. The molecule has 0 atom stereocenters. The van der Waals surface area contributed by atoms with E-state index in [0.29, 0.717) is 72.7 Å². The van der Waals surface area contributed by atoms with Gasteiger partial charge in [-0.15, -0.1) is 0 Å². The summed E-state index contributed by atoms with van der Waals surface area (Å²) >= 11 is 0. The van der Waals surface area contributed by atoms with Crippen LogP contribution >= 0.6 is 0 Å². The van der Waals surface area contributed by atoms with Crippen molar-refractivity contribution in [3.63, 3.8) is 0 Å². The molecule has 28 heavy (non-hydrogen) atoms. The lowest BCUT2D eigenvalue weighted by Crippen LogP contribution is -2.38. The summed E-state index contributed by atoms with van der Waals surface area (Å²) in [5, 5.41) is 0. The maximum atomic E-state index is 11.6. The van der Waals surface area contributed by atoms with Crippen molar-refractivity contribution in [1.82, 2.24) is 4.90 Å². The molecule has 1 rings (SSSR count). The Morgan fingerprint density at radius 1 is 0.750 bits per heavy atom. The SMILES string of the molecule is CCOCCOCCOCCOCCOCCC(=O)OCCN1CCOCC1. The smallest absolute Gasteiger partial charge is 0.308 e. The van der Waals surface area contributed by atoms with Crippen LogP contribution in [-0.4, -0.2) is 116 Å². The average Bonchev–Trinajstić information content (AvgIpc) is 2.71. The Morgan fingerprint density at radius 2 is 1.25 bits per heavy atom. The third-order valence-electron chi connectivity index (χ3n) is 3.92. The van der Waals surface area contributed by atoms with Gasteiger partial charge in [0.2, 0.25) is 0 Å². The molecule has 0 N–H and O–H groups in total. The van der Waals surface area contributed by atoms with Crippen LogP contribution in [0.1, 0.15) is 13.3 Å². The van der Waals surface area contributed by atoms with Gasteiger partial charge in [0.1, 0.15) is 6.61 Å². The fourth-order valence-electron chi connectivity index (χ4n) is 2.37. The highest BCUT2D eigenvalue weighted by Gasteiger charge is 2.10. The molecule has 0 aromatic heterocycles. The third kappa shape index (κ3) is 16.2. The van der Waals surface area contributed by atoms with Crippen molar-refractivity contribution in [3.05, 3.63) is 0 Å². The van der Waals surface area contributed by atoms with E-state index in [1.807, 2.05) is 6.92 Å². The normalized spacial score (nSPS) is 15.0. The second kappa shape index (κ2) is 19.5. The lowest BCUT2D eigenvalue weighted by atomic mass is 10.4. The maximum absolute atomic E-state index is 11.6. The molecule has 166 valence electrons. The first kappa shape index (κ1) is 25.2. The molecule has 0 amide bonds. The van der Waals surface area contributed by atoms with Crippen molar-refractivity contribution in [1.29, 1.82) is 0 Å². The number of ether oxygens (including phenoxy) is 7. The minimum absolute atomic E-state index is 0.231. The predicted octanol–water partition coefficient (Wildman–Crippen LogP) is 0.355. The summed E-state index contributed by atoms with van der Waals surface area (Å²) < 4.78 is 37.1. The Morgan fingerprint density at radius 3 is 1.79 bits per heavy atom. The van der Waals surface area contributed by atoms with Gasteiger partial charge in [-0.3, -0.25) is 9.69 Å². The van der Waals surface area contributed by atoms with Crippen LogP contribution in [0.25, 0.3) is 0 Å². The highest BCUT2D eigenvalue weighted by molar-refractivity contribution is 5.69. The van der Waals surface area contributed by atoms with Gasteiger partial charge in [0.25, 0.3) is 0 Å². The van der Waals surface area contributed by atoms with E-state index >= 15 is 0 Å². The van der Waals surface area contributed by atoms with Crippen LogP contribution in [0.2, 0.25) is 0 Å². The predicted molar refractivity (Wildman–Crippen MR) is 103 cm³/mol. The van der Waals surface area contributed by atoms with Crippen LogP contribution < -0.4 is 0 Å². The second-order valence-electron chi connectivity index (χ2n) is 6.07. The van der Waals surface area contributed by atoms with E-state index in [1.54, 1.807) is 0 Å². The van der Waals surface area contributed by atoms with Crippen molar-refractivity contribution in [2.75, 3.05) is 106 Å². The van der Waals surface area contributed by atoms with Gasteiger partial charge < -0.3 is 33.2 Å². The summed E-state index contributed by atoms with van der Waals surface area (Å²) in [6.45, 7) is 11.7. The lowest BCUT2D eigenvalue weighted by molar-refractivity contribution is -0.145. The van der Waals surface area contributed by atoms with E-state index in [4.69, 9.17) is 33.2 Å². The van der Waals surface area contributed by atoms with Gasteiger partial charge in [-0.25, -0.2) is 0 Å². The van der Waals surface area contributed by atoms with Gasteiger partial charge in [-0.1, -0.05) is 0 Å². The largest absolute Gasteiger partial charge is 0.464 e. The maximum Gasteiger partial charge on any atom is 0.308 e. The summed E-state index contributed by atoms with van der Waals surface area (Å²) in [6, 6.07) is 0. The molecule has 0 aliphatic carbocycles. The van der Waals surface area contributed by atoms with E-state index < -0.39 is 0 Å². The zero-order valence-corrected chi connectivity index (χ0v) is 17.2. The Hall–Kier alpha value is -0.810. The van der Waals surface area contributed by atoms with Crippen LogP contribution in [0, 0.1) is 0 Å². The van der Waals surface area contributed by atoms with Crippen molar-refractivity contribution < 1.29 is 38.0 Å². The number of nitrogens with zero attached hydrogens (tertiary/aromatic N) is 1. The lowest BCUT2D eigenvalue weighted by Gasteiger charge is -2.26. The molecule has 0 spiro atoms. The monoisotopic (exact) mass is 407 g/mol. The summed E-state index contributed by atoms with van der Waals surface area (Å²) in [4.78, 5) is 13.8. The molecule has 0 saturated carbocycles. The highest BCUT2D eigenvalue weighted by Crippen LogP contribution is 1.97. The second-order valence-corrected chi connectivity index (χ2v) is 6.07. The number of carbonyl (C=O) groups excluding carboxylic acids is 1. The number of hydrogen-bond donors (Lipinski definition) is 0. The average molecular weight is 408 g/mol. The van der Waals surface area contributed by atoms with E-state index in [9.17, 15) is 4.79 Å². The standard InChI is InChI=1S/C19H37NO8/c1-2-22-11-12-25-15-16-27-18-17-26-14-13-23-7-3-19(21)28-10-6-20-4-8-24-9-5-20/h2-18H2,1H3. The van der Waals surface area contributed by atoms with Gasteiger partial charge in [0, 0.05) is 26.2 Å². The van der Waals surface area contributed by atoms with Gasteiger partial charge in [0.15, 0.2) is 0 Å². The van der Waals surface area contributed by atoms with E-state index in [1.165, 1.54) is 0 Å². The molecule has 9 heteroatoms. The zero-order chi connectivity index (χ0) is 20.1. The van der Waals surface area contributed by atoms with Crippen molar-refractivity contribution in [2.24, 2.45) is 0 Å². The fourth-order valence-corrected chi connectivity index (χ4v) is 2.37. The Bertz CT molecular complexity index is 353. The van der Waals surface area contributed by atoms with Crippen LogP contribution in [0.5, 0.6) is 0 Å². The molecule has 1 saturated heterocycles. The fraction of sp³-hybridized carbons (Fsp3) is 0.947. The summed E-state index contributed by atoms with van der Waals surface area (Å²) in [5.74, 6) is -0.231. The quantitative estimate of drug-likeness (QED) is 0.222. The number of hydrogen-bond acceptors (Lipinski definition) is 9. The minimum Gasteiger partial charge on any atom is -0.464 e. The van der Waals surface area contributed by atoms with Crippen molar-refractivity contribution in [3.8, 4) is 0 Å². The molecule has 0 aromatic carbocycles. The number of esters is 1. The molecule has 9 nitrogen and oxygen atoms in total. The Kier molecular flexibility index (Phi) is 17.6. The van der Waals surface area contributed by atoms with E-state index in [2.05, 4.69) is 4.90 Å². The first-order valence-electron chi connectivity index (χ1n) is 10.2. The van der Waals surface area contributed by atoms with Gasteiger partial charge in [0.05, 0.1) is 79.1 Å². The molecule has 1 heterocycles. The van der Waals surface area contributed by atoms with E-state index in [0.717, 1.165) is 32.8 Å². The molecule has 0 aromatic rings. The Labute approximate surface area is 168 Å². The molecule has 1 aliphatic rings. The van der Waals surface area contributed by atoms with E-state index in [-0.39, 0.29) is 12.4 Å². The highest BCUT2D eigenvalue weighted by atomic mass is 16.6. The molecule has 1 aliphatic heterocycles. The van der Waals surface area contributed by atoms with Gasteiger partial charge >= 0.3 is 5.97 Å². The molecule has 0 radical (unpaired) electrons. The molecule has 1 fully saturated rings. The number of rotatable bonds is 19.